The summed E-state index contributed by atoms with van der Waals surface area (Å²) < 4.78 is 34.2. The van der Waals surface area contributed by atoms with Crippen molar-refractivity contribution in [3.63, 3.8) is 0 Å². The number of hydrogen-bond donors (Lipinski definition) is 1. The van der Waals surface area contributed by atoms with E-state index in [0.717, 1.165) is 15.9 Å². The Morgan fingerprint density at radius 3 is 2.10 bits per heavy atom. The van der Waals surface area contributed by atoms with Crippen LogP contribution in [0.4, 0.5) is 29.7 Å². The zero-order valence-electron chi connectivity index (χ0n) is 15.6. The molecule has 1 saturated heterocycles. The number of halogens is 2. The number of amides is 4. The fourth-order valence-corrected chi connectivity index (χ4v) is 3.27. The summed E-state index contributed by atoms with van der Waals surface area (Å²) in [6.07, 6.45) is 0.635. The molecule has 3 aromatic rings. The van der Waals surface area contributed by atoms with Gasteiger partial charge in [0.25, 0.3) is 6.43 Å². The molecule has 8 heteroatoms. The second-order valence-corrected chi connectivity index (χ2v) is 6.53. The van der Waals surface area contributed by atoms with Crippen molar-refractivity contribution in [2.75, 3.05) is 9.80 Å². The average molecular weight is 409 g/mol. The van der Waals surface area contributed by atoms with Crippen molar-refractivity contribution >= 4 is 29.5 Å². The van der Waals surface area contributed by atoms with Gasteiger partial charge in [0, 0.05) is 5.69 Å². The maximum Gasteiger partial charge on any atom is 0.339 e. The Morgan fingerprint density at radius 1 is 0.900 bits per heavy atom. The van der Waals surface area contributed by atoms with Crippen LogP contribution in [0.25, 0.3) is 6.08 Å². The van der Waals surface area contributed by atoms with E-state index < -0.39 is 24.2 Å². The van der Waals surface area contributed by atoms with Crippen molar-refractivity contribution in [3.05, 3.63) is 90.9 Å². The molecule has 2 aromatic carbocycles. The summed E-state index contributed by atoms with van der Waals surface area (Å²) in [4.78, 5) is 28.0. The molecule has 1 fully saturated rings. The second-order valence-electron chi connectivity index (χ2n) is 6.53. The summed E-state index contributed by atoms with van der Waals surface area (Å²) in [5, 5.41) is 2.33. The van der Waals surface area contributed by atoms with E-state index in [0.29, 0.717) is 5.76 Å². The number of alkyl halides is 2. The minimum atomic E-state index is -3.13. The molecule has 0 bridgehead atoms. The Balaban J connectivity index is 1.86. The number of nitrogens with zero attached hydrogens (tertiary/aromatic N) is 2. The summed E-state index contributed by atoms with van der Waals surface area (Å²) >= 11 is 0. The molecule has 0 aliphatic carbocycles. The fraction of sp³-hybridized carbons (Fsp3) is 0.0909. The molecule has 2 heterocycles. The predicted molar refractivity (Wildman–Crippen MR) is 108 cm³/mol. The van der Waals surface area contributed by atoms with Crippen LogP contribution in [-0.2, 0) is 0 Å². The maximum atomic E-state index is 14.5. The summed E-state index contributed by atoms with van der Waals surface area (Å²) in [5.41, 5.74) is -1.94. The second kappa shape index (κ2) is 7.82. The number of carbonyl (C=O) groups is 2. The Morgan fingerprint density at radius 2 is 1.53 bits per heavy atom. The first-order valence-corrected chi connectivity index (χ1v) is 9.10. The van der Waals surface area contributed by atoms with E-state index in [4.69, 9.17) is 4.42 Å². The normalized spacial score (nSPS) is 19.6. The van der Waals surface area contributed by atoms with Crippen LogP contribution in [0.5, 0.6) is 0 Å². The molecular weight excluding hydrogens is 392 g/mol. The summed E-state index contributed by atoms with van der Waals surface area (Å²) in [7, 11) is 0. The van der Waals surface area contributed by atoms with Crippen LogP contribution in [0.15, 0.2) is 89.6 Å². The third kappa shape index (κ3) is 3.32. The van der Waals surface area contributed by atoms with E-state index in [-0.39, 0.29) is 11.4 Å². The topological polar surface area (TPSA) is 65.8 Å². The van der Waals surface area contributed by atoms with Gasteiger partial charge in [0.05, 0.1) is 12.0 Å². The molecular formula is C22H17F2N3O3. The van der Waals surface area contributed by atoms with Gasteiger partial charge in [0.2, 0.25) is 5.66 Å². The van der Waals surface area contributed by atoms with Gasteiger partial charge in [-0.1, -0.05) is 36.4 Å². The molecule has 152 valence electrons. The van der Waals surface area contributed by atoms with Crippen molar-refractivity contribution in [1.29, 1.82) is 0 Å². The molecule has 0 saturated carbocycles. The molecule has 1 aliphatic rings. The summed E-state index contributed by atoms with van der Waals surface area (Å²) in [5.74, 6) is 0.301. The minimum Gasteiger partial charge on any atom is -0.465 e. The maximum absolute atomic E-state index is 14.5. The molecule has 30 heavy (non-hydrogen) atoms. The molecule has 1 unspecified atom stereocenters. The SMILES string of the molecule is O=C1NC(/C=C/c2ccco2)(C(F)F)N(c2ccccc2)C(=O)N1c1ccccc1. The Kier molecular flexibility index (Phi) is 5.05. The van der Waals surface area contributed by atoms with E-state index >= 15 is 0 Å². The third-order valence-electron chi connectivity index (χ3n) is 4.67. The van der Waals surface area contributed by atoms with E-state index in [2.05, 4.69) is 5.32 Å². The van der Waals surface area contributed by atoms with Crippen molar-refractivity contribution in [3.8, 4) is 0 Å². The average Bonchev–Trinajstić information content (AvgIpc) is 3.27. The van der Waals surface area contributed by atoms with Gasteiger partial charge in [-0.2, -0.15) is 0 Å². The lowest BCUT2D eigenvalue weighted by molar-refractivity contribution is 0.0616. The van der Waals surface area contributed by atoms with Gasteiger partial charge in [-0.15, -0.1) is 0 Å². The molecule has 1 aromatic heterocycles. The van der Waals surface area contributed by atoms with Gasteiger partial charge in [-0.3, -0.25) is 4.90 Å². The lowest BCUT2D eigenvalue weighted by atomic mass is 10.0. The highest BCUT2D eigenvalue weighted by molar-refractivity contribution is 6.22. The quantitative estimate of drug-likeness (QED) is 0.637. The lowest BCUT2D eigenvalue weighted by Crippen LogP contribution is -2.75. The van der Waals surface area contributed by atoms with Crippen LogP contribution >= 0.6 is 0 Å². The van der Waals surface area contributed by atoms with Crippen molar-refractivity contribution < 1.29 is 22.8 Å². The number of benzene rings is 2. The standard InChI is InChI=1S/C22H17F2N3O3/c23-19(24)22(14-13-18-12-7-15-30-18)25-20(28)26(16-8-3-1-4-9-16)21(29)27(22)17-10-5-2-6-11-17/h1-15,19H,(H,25,28)/b14-13+. The van der Waals surface area contributed by atoms with Crippen LogP contribution in [0.1, 0.15) is 5.76 Å². The lowest BCUT2D eigenvalue weighted by Gasteiger charge is -2.47. The predicted octanol–water partition coefficient (Wildman–Crippen LogP) is 5.11. The highest BCUT2D eigenvalue weighted by Gasteiger charge is 2.54. The van der Waals surface area contributed by atoms with Gasteiger partial charge in [-0.25, -0.2) is 23.3 Å². The molecule has 0 radical (unpaired) electrons. The molecule has 4 amide bonds. The molecule has 4 rings (SSSR count). The van der Waals surface area contributed by atoms with Crippen molar-refractivity contribution in [2.24, 2.45) is 0 Å². The largest absolute Gasteiger partial charge is 0.465 e. The Bertz CT molecular complexity index is 1060. The van der Waals surface area contributed by atoms with Crippen LogP contribution in [0, 0.1) is 0 Å². The number of rotatable bonds is 5. The Labute approximate surface area is 171 Å². The van der Waals surface area contributed by atoms with Gasteiger partial charge >= 0.3 is 12.1 Å². The van der Waals surface area contributed by atoms with E-state index in [1.54, 1.807) is 60.7 Å². The Hall–Kier alpha value is -3.94. The minimum absolute atomic E-state index is 0.202. The first-order valence-electron chi connectivity index (χ1n) is 9.10. The van der Waals surface area contributed by atoms with Crippen LogP contribution in [0.3, 0.4) is 0 Å². The first kappa shape index (κ1) is 19.4. The molecule has 0 spiro atoms. The first-order chi connectivity index (χ1) is 14.5. The number of furan rings is 1. The van der Waals surface area contributed by atoms with Gasteiger partial charge in [0.1, 0.15) is 5.76 Å². The number of nitrogens with one attached hydrogen (secondary N) is 1. The number of carbonyl (C=O) groups excluding carboxylic acids is 2. The zero-order valence-corrected chi connectivity index (χ0v) is 15.6. The van der Waals surface area contributed by atoms with Crippen LogP contribution in [0.2, 0.25) is 0 Å². The third-order valence-corrected chi connectivity index (χ3v) is 4.67. The van der Waals surface area contributed by atoms with E-state index in [1.165, 1.54) is 24.5 Å². The van der Waals surface area contributed by atoms with Crippen LogP contribution < -0.4 is 15.1 Å². The summed E-state index contributed by atoms with van der Waals surface area (Å²) in [6, 6.07) is 17.4. The molecule has 1 atom stereocenters. The van der Waals surface area contributed by atoms with Gasteiger partial charge in [0.15, 0.2) is 0 Å². The smallest absolute Gasteiger partial charge is 0.339 e. The number of anilines is 2. The number of para-hydroxylation sites is 2. The molecule has 6 nitrogen and oxygen atoms in total. The number of urea groups is 2. The number of imide groups is 1. The zero-order chi connectivity index (χ0) is 21.1. The summed E-state index contributed by atoms with van der Waals surface area (Å²) in [6.45, 7) is 0. The highest BCUT2D eigenvalue weighted by atomic mass is 19.3. The van der Waals surface area contributed by atoms with Crippen molar-refractivity contribution in [2.45, 2.75) is 12.1 Å². The monoisotopic (exact) mass is 409 g/mol. The van der Waals surface area contributed by atoms with E-state index in [1.807, 2.05) is 0 Å². The highest BCUT2D eigenvalue weighted by Crippen LogP contribution is 2.35. The van der Waals surface area contributed by atoms with Gasteiger partial charge in [-0.05, 0) is 48.6 Å². The van der Waals surface area contributed by atoms with E-state index in [9.17, 15) is 18.4 Å². The molecule has 1 N–H and O–H groups in total. The van der Waals surface area contributed by atoms with Gasteiger partial charge < -0.3 is 9.73 Å². The van der Waals surface area contributed by atoms with Crippen molar-refractivity contribution in [1.82, 2.24) is 5.32 Å². The number of hydrogen-bond acceptors (Lipinski definition) is 3. The van der Waals surface area contributed by atoms with Crippen LogP contribution in [-0.4, -0.2) is 24.2 Å². The fourth-order valence-electron chi connectivity index (χ4n) is 3.27. The molecule has 1 aliphatic heterocycles.